The molecule has 110 valence electrons. The van der Waals surface area contributed by atoms with Gasteiger partial charge in [0, 0.05) is 18.2 Å². The Bertz CT molecular complexity index is 515. The lowest BCUT2D eigenvalue weighted by Crippen LogP contribution is -2.31. The molecule has 0 radical (unpaired) electrons. The Morgan fingerprint density at radius 1 is 1.15 bits per heavy atom. The zero-order valence-corrected chi connectivity index (χ0v) is 13.7. The van der Waals surface area contributed by atoms with Crippen LogP contribution in [0.1, 0.15) is 62.6 Å². The third kappa shape index (κ3) is 2.47. The Morgan fingerprint density at radius 3 is 2.60 bits per heavy atom. The molecule has 2 aliphatic rings. The maximum atomic E-state index is 3.69. The monoisotopic (exact) mass is 271 g/mol. The van der Waals surface area contributed by atoms with Gasteiger partial charge in [0.25, 0.3) is 0 Å². The van der Waals surface area contributed by atoms with Crippen LogP contribution in [0.3, 0.4) is 0 Å². The smallest absolute Gasteiger partial charge is 0.0406 e. The first kappa shape index (κ1) is 14.0. The molecule has 3 rings (SSSR count). The molecule has 20 heavy (non-hydrogen) atoms. The van der Waals surface area contributed by atoms with E-state index in [1.54, 1.807) is 5.56 Å². The SMILES string of the molecule is Cc1cc(C)c2c(c1)C(C1CC(C)CC(C)(C)C1)CN2. The highest BCUT2D eigenvalue weighted by Gasteiger charge is 2.38. The summed E-state index contributed by atoms with van der Waals surface area (Å²) in [5, 5.41) is 3.69. The van der Waals surface area contributed by atoms with Crippen molar-refractivity contribution in [2.75, 3.05) is 11.9 Å². The van der Waals surface area contributed by atoms with Crippen molar-refractivity contribution in [3.8, 4) is 0 Å². The Morgan fingerprint density at radius 2 is 1.90 bits per heavy atom. The van der Waals surface area contributed by atoms with Crippen molar-refractivity contribution < 1.29 is 0 Å². The molecule has 1 N–H and O–H groups in total. The fraction of sp³-hybridized carbons (Fsp3) is 0.684. The van der Waals surface area contributed by atoms with Crippen LogP contribution in [0.25, 0.3) is 0 Å². The van der Waals surface area contributed by atoms with Gasteiger partial charge in [0.15, 0.2) is 0 Å². The predicted molar refractivity (Wildman–Crippen MR) is 87.4 cm³/mol. The third-order valence-corrected chi connectivity index (χ3v) is 5.40. The van der Waals surface area contributed by atoms with E-state index in [4.69, 9.17) is 0 Å². The van der Waals surface area contributed by atoms with Gasteiger partial charge in [0.1, 0.15) is 0 Å². The van der Waals surface area contributed by atoms with Crippen molar-refractivity contribution in [1.82, 2.24) is 0 Å². The molecular formula is C19H29N. The molecule has 0 saturated heterocycles. The fourth-order valence-corrected chi connectivity index (χ4v) is 5.00. The van der Waals surface area contributed by atoms with Crippen LogP contribution in [0.2, 0.25) is 0 Å². The van der Waals surface area contributed by atoms with Crippen LogP contribution in [-0.4, -0.2) is 6.54 Å². The first-order valence-corrected chi connectivity index (χ1v) is 8.21. The minimum absolute atomic E-state index is 0.518. The van der Waals surface area contributed by atoms with Gasteiger partial charge in [0.05, 0.1) is 0 Å². The summed E-state index contributed by atoms with van der Waals surface area (Å²) in [5.74, 6) is 2.45. The van der Waals surface area contributed by atoms with E-state index in [2.05, 4.69) is 52.1 Å². The Labute approximate surface area is 124 Å². The molecule has 3 unspecified atom stereocenters. The molecule has 0 bridgehead atoms. The van der Waals surface area contributed by atoms with E-state index in [0.29, 0.717) is 5.41 Å². The van der Waals surface area contributed by atoms with Crippen LogP contribution in [0, 0.1) is 31.1 Å². The normalized spacial score (nSPS) is 31.8. The van der Waals surface area contributed by atoms with Crippen molar-refractivity contribution in [1.29, 1.82) is 0 Å². The average molecular weight is 271 g/mol. The summed E-state index contributed by atoms with van der Waals surface area (Å²) in [6, 6.07) is 4.74. The molecule has 0 spiro atoms. The standard InChI is InChI=1S/C19H29N/c1-12-6-14(3)18-16(8-12)17(11-20-18)15-7-13(2)9-19(4,5)10-15/h6,8,13,15,17,20H,7,9-11H2,1-5H3. The van der Waals surface area contributed by atoms with Crippen molar-refractivity contribution in [3.63, 3.8) is 0 Å². The molecule has 1 aromatic rings. The van der Waals surface area contributed by atoms with Gasteiger partial charge in [-0.15, -0.1) is 0 Å². The number of nitrogens with one attached hydrogen (secondary N) is 1. The number of anilines is 1. The summed E-state index contributed by atoms with van der Waals surface area (Å²) < 4.78 is 0. The van der Waals surface area contributed by atoms with Crippen LogP contribution in [0.5, 0.6) is 0 Å². The highest BCUT2D eigenvalue weighted by molar-refractivity contribution is 5.64. The van der Waals surface area contributed by atoms with Crippen molar-refractivity contribution in [3.05, 3.63) is 28.8 Å². The predicted octanol–water partition coefficient (Wildman–Crippen LogP) is 5.27. The molecule has 1 heterocycles. The lowest BCUT2D eigenvalue weighted by molar-refractivity contribution is 0.119. The van der Waals surface area contributed by atoms with Crippen molar-refractivity contribution in [2.45, 2.75) is 59.8 Å². The zero-order chi connectivity index (χ0) is 14.5. The second-order valence-corrected chi connectivity index (χ2v) is 8.21. The number of aryl methyl sites for hydroxylation is 2. The molecule has 1 aliphatic heterocycles. The van der Waals surface area contributed by atoms with Gasteiger partial charge in [-0.2, -0.15) is 0 Å². The lowest BCUT2D eigenvalue weighted by Gasteiger charge is -2.41. The highest BCUT2D eigenvalue weighted by atomic mass is 14.9. The maximum Gasteiger partial charge on any atom is 0.0406 e. The minimum atomic E-state index is 0.518. The zero-order valence-electron chi connectivity index (χ0n) is 13.7. The van der Waals surface area contributed by atoms with Crippen molar-refractivity contribution in [2.24, 2.45) is 17.3 Å². The number of fused-ring (bicyclic) bond motifs is 1. The average Bonchev–Trinajstić information content (AvgIpc) is 2.69. The molecule has 1 fully saturated rings. The van der Waals surface area contributed by atoms with Crippen LogP contribution in [0.15, 0.2) is 12.1 Å². The largest absolute Gasteiger partial charge is 0.384 e. The Hall–Kier alpha value is -0.980. The van der Waals surface area contributed by atoms with Gasteiger partial charge in [-0.25, -0.2) is 0 Å². The molecule has 1 saturated carbocycles. The summed E-state index contributed by atoms with van der Waals surface area (Å²) in [6.45, 7) is 13.0. The van der Waals surface area contributed by atoms with E-state index < -0.39 is 0 Å². The van der Waals surface area contributed by atoms with E-state index in [1.165, 1.54) is 36.1 Å². The van der Waals surface area contributed by atoms with Gasteiger partial charge < -0.3 is 5.32 Å². The van der Waals surface area contributed by atoms with Gasteiger partial charge >= 0.3 is 0 Å². The Balaban J connectivity index is 1.91. The number of rotatable bonds is 1. The van der Waals surface area contributed by atoms with E-state index in [1.807, 2.05) is 0 Å². The summed E-state index contributed by atoms with van der Waals surface area (Å²) in [5.41, 5.74) is 6.38. The number of hydrogen-bond donors (Lipinski definition) is 1. The summed E-state index contributed by atoms with van der Waals surface area (Å²) >= 11 is 0. The molecular weight excluding hydrogens is 242 g/mol. The van der Waals surface area contributed by atoms with E-state index in [0.717, 1.165) is 24.3 Å². The Kier molecular flexibility index (Phi) is 3.35. The first-order valence-electron chi connectivity index (χ1n) is 8.21. The molecule has 1 aliphatic carbocycles. The van der Waals surface area contributed by atoms with Gasteiger partial charge in [-0.3, -0.25) is 0 Å². The van der Waals surface area contributed by atoms with Gasteiger partial charge in [-0.1, -0.05) is 38.5 Å². The second-order valence-electron chi connectivity index (χ2n) is 8.21. The molecule has 1 heteroatoms. The van der Waals surface area contributed by atoms with Crippen LogP contribution < -0.4 is 5.32 Å². The van der Waals surface area contributed by atoms with E-state index >= 15 is 0 Å². The summed E-state index contributed by atoms with van der Waals surface area (Å²) in [6.07, 6.45) is 4.18. The van der Waals surface area contributed by atoms with E-state index in [9.17, 15) is 0 Å². The lowest BCUT2D eigenvalue weighted by atomic mass is 9.64. The maximum absolute atomic E-state index is 3.69. The topological polar surface area (TPSA) is 12.0 Å². The summed E-state index contributed by atoms with van der Waals surface area (Å²) in [7, 11) is 0. The van der Waals surface area contributed by atoms with Gasteiger partial charge in [0.2, 0.25) is 0 Å². The fourth-order valence-electron chi connectivity index (χ4n) is 5.00. The molecule has 3 atom stereocenters. The van der Waals surface area contributed by atoms with Crippen LogP contribution in [-0.2, 0) is 0 Å². The van der Waals surface area contributed by atoms with Crippen molar-refractivity contribution >= 4 is 5.69 Å². The first-order chi connectivity index (χ1) is 9.35. The molecule has 0 amide bonds. The van der Waals surface area contributed by atoms with Crippen LogP contribution in [0.4, 0.5) is 5.69 Å². The third-order valence-electron chi connectivity index (χ3n) is 5.40. The minimum Gasteiger partial charge on any atom is -0.384 e. The molecule has 1 aromatic carbocycles. The second kappa shape index (κ2) is 4.79. The van der Waals surface area contributed by atoms with Crippen LogP contribution >= 0.6 is 0 Å². The van der Waals surface area contributed by atoms with Gasteiger partial charge in [-0.05, 0) is 61.5 Å². The summed E-state index contributed by atoms with van der Waals surface area (Å²) in [4.78, 5) is 0. The molecule has 0 aromatic heterocycles. The number of benzene rings is 1. The highest BCUT2D eigenvalue weighted by Crippen LogP contribution is 2.50. The number of hydrogen-bond acceptors (Lipinski definition) is 1. The molecule has 1 nitrogen and oxygen atoms in total. The quantitative estimate of drug-likeness (QED) is 0.733. The van der Waals surface area contributed by atoms with E-state index in [-0.39, 0.29) is 0 Å².